The number of anilines is 3. The monoisotopic (exact) mass is 430 g/mol. The Bertz CT molecular complexity index is 1110. The van der Waals surface area contributed by atoms with E-state index in [4.69, 9.17) is 14.5 Å². The van der Waals surface area contributed by atoms with Crippen molar-refractivity contribution in [3.63, 3.8) is 0 Å². The zero-order valence-corrected chi connectivity index (χ0v) is 17.9. The van der Waals surface area contributed by atoms with E-state index in [0.29, 0.717) is 19.2 Å². The summed E-state index contributed by atoms with van der Waals surface area (Å²) in [6.45, 7) is 5.40. The fraction of sp³-hybridized carbons (Fsp3) is 0.375. The number of nitrogens with zero attached hydrogens (tertiary/aromatic N) is 4. The number of fused-ring (bicyclic) bond motifs is 4. The third kappa shape index (κ3) is 3.45. The van der Waals surface area contributed by atoms with Gasteiger partial charge in [-0.15, -0.1) is 0 Å². The lowest BCUT2D eigenvalue weighted by Crippen LogP contribution is -2.43. The van der Waals surface area contributed by atoms with Gasteiger partial charge in [0.2, 0.25) is 5.95 Å². The molecular weight excluding hydrogens is 404 g/mol. The van der Waals surface area contributed by atoms with Gasteiger partial charge in [-0.1, -0.05) is 0 Å². The summed E-state index contributed by atoms with van der Waals surface area (Å²) in [6.07, 6.45) is 5.15. The van der Waals surface area contributed by atoms with Crippen LogP contribution in [0, 0.1) is 0 Å². The summed E-state index contributed by atoms with van der Waals surface area (Å²) in [6, 6.07) is 12.3. The van der Waals surface area contributed by atoms with Crippen molar-refractivity contribution in [2.24, 2.45) is 0 Å². The molecule has 0 amide bonds. The first-order valence-corrected chi connectivity index (χ1v) is 11.2. The molecule has 2 saturated heterocycles. The second-order valence-corrected chi connectivity index (χ2v) is 8.42. The summed E-state index contributed by atoms with van der Waals surface area (Å²) in [4.78, 5) is 16.5. The molecule has 1 aromatic carbocycles. The molecule has 8 nitrogen and oxygen atoms in total. The molecule has 0 aliphatic carbocycles. The van der Waals surface area contributed by atoms with Crippen LogP contribution in [-0.4, -0.2) is 54.3 Å². The van der Waals surface area contributed by atoms with E-state index in [2.05, 4.69) is 49.8 Å². The quantitative estimate of drug-likeness (QED) is 0.656. The standard InChI is InChI=1S/C24H26N6O2/c1-2-20-21(26-9-1)19-16-27-23(29-22(19)24(32-20)7-14-31-15-8-24)28-17-3-5-18(6-4-17)30-12-10-25-11-13-30/h1-6,9,16,25H,7-8,10-15H2,(H,27,28,29). The maximum absolute atomic E-state index is 6.50. The van der Waals surface area contributed by atoms with Crippen LogP contribution in [0.15, 0.2) is 48.8 Å². The molecule has 3 aliphatic heterocycles. The van der Waals surface area contributed by atoms with E-state index in [1.54, 1.807) is 6.20 Å². The number of pyridine rings is 1. The van der Waals surface area contributed by atoms with Crippen molar-refractivity contribution in [1.29, 1.82) is 0 Å². The number of rotatable bonds is 3. The summed E-state index contributed by atoms with van der Waals surface area (Å²) in [5.41, 5.74) is 4.32. The number of hydrogen-bond donors (Lipinski definition) is 2. The lowest BCUT2D eigenvalue weighted by atomic mass is 9.84. The van der Waals surface area contributed by atoms with Crippen LogP contribution in [0.2, 0.25) is 0 Å². The molecule has 32 heavy (non-hydrogen) atoms. The highest BCUT2D eigenvalue weighted by Crippen LogP contribution is 2.47. The van der Waals surface area contributed by atoms with Gasteiger partial charge in [-0.2, -0.15) is 0 Å². The van der Waals surface area contributed by atoms with Crippen molar-refractivity contribution in [1.82, 2.24) is 20.3 Å². The highest BCUT2D eigenvalue weighted by Gasteiger charge is 2.44. The minimum Gasteiger partial charge on any atom is -0.478 e. The fourth-order valence-electron chi connectivity index (χ4n) is 4.74. The van der Waals surface area contributed by atoms with Crippen molar-refractivity contribution < 1.29 is 9.47 Å². The third-order valence-electron chi connectivity index (χ3n) is 6.46. The number of piperazine rings is 1. The Hall–Kier alpha value is -3.23. The molecular formula is C24H26N6O2. The molecule has 8 heteroatoms. The van der Waals surface area contributed by atoms with Gasteiger partial charge in [0.1, 0.15) is 11.4 Å². The SMILES string of the molecule is c1cnc2c(c1)OC1(CCOCC1)c1nc(Nc3ccc(N4CCNCC4)cc3)ncc1-2. The van der Waals surface area contributed by atoms with E-state index < -0.39 is 5.60 Å². The van der Waals surface area contributed by atoms with Gasteiger partial charge < -0.3 is 25.0 Å². The molecule has 0 atom stereocenters. The van der Waals surface area contributed by atoms with Gasteiger partial charge in [-0.05, 0) is 36.4 Å². The Morgan fingerprint density at radius 2 is 1.81 bits per heavy atom. The average molecular weight is 431 g/mol. The van der Waals surface area contributed by atoms with Crippen molar-refractivity contribution in [2.45, 2.75) is 18.4 Å². The maximum atomic E-state index is 6.50. The molecule has 0 saturated carbocycles. The lowest BCUT2D eigenvalue weighted by molar-refractivity contribution is -0.0542. The zero-order chi connectivity index (χ0) is 21.4. The third-order valence-corrected chi connectivity index (χ3v) is 6.46. The summed E-state index contributed by atoms with van der Waals surface area (Å²) in [7, 11) is 0. The first kappa shape index (κ1) is 19.5. The molecule has 0 bridgehead atoms. The largest absolute Gasteiger partial charge is 0.478 e. The highest BCUT2D eigenvalue weighted by atomic mass is 16.5. The van der Waals surface area contributed by atoms with Crippen LogP contribution in [0.4, 0.5) is 17.3 Å². The minimum absolute atomic E-state index is 0.505. The normalized spacial score (nSPS) is 19.1. The zero-order valence-electron chi connectivity index (χ0n) is 17.9. The molecule has 0 radical (unpaired) electrons. The summed E-state index contributed by atoms with van der Waals surface area (Å²) in [5, 5.41) is 6.76. The van der Waals surface area contributed by atoms with Crippen molar-refractivity contribution in [3.8, 4) is 17.0 Å². The van der Waals surface area contributed by atoms with Crippen molar-refractivity contribution in [2.75, 3.05) is 49.6 Å². The Kier molecular flexibility index (Phi) is 4.88. The Balaban J connectivity index is 1.31. The highest BCUT2D eigenvalue weighted by molar-refractivity contribution is 5.72. The van der Waals surface area contributed by atoms with Crippen LogP contribution in [0.3, 0.4) is 0 Å². The van der Waals surface area contributed by atoms with Crippen LogP contribution in [-0.2, 0) is 10.3 Å². The second-order valence-electron chi connectivity index (χ2n) is 8.42. The van der Waals surface area contributed by atoms with E-state index in [1.807, 2.05) is 18.3 Å². The smallest absolute Gasteiger partial charge is 0.227 e. The van der Waals surface area contributed by atoms with E-state index >= 15 is 0 Å². The minimum atomic E-state index is -0.505. The van der Waals surface area contributed by atoms with Crippen LogP contribution in [0.25, 0.3) is 11.3 Å². The number of nitrogens with one attached hydrogen (secondary N) is 2. The van der Waals surface area contributed by atoms with E-state index in [1.165, 1.54) is 5.69 Å². The van der Waals surface area contributed by atoms with Crippen molar-refractivity contribution >= 4 is 17.3 Å². The molecule has 3 aromatic rings. The van der Waals surface area contributed by atoms with Crippen molar-refractivity contribution in [3.05, 3.63) is 54.5 Å². The molecule has 2 fully saturated rings. The first-order valence-electron chi connectivity index (χ1n) is 11.2. The average Bonchev–Trinajstić information content (AvgIpc) is 2.86. The summed E-state index contributed by atoms with van der Waals surface area (Å²) in [5.74, 6) is 1.35. The van der Waals surface area contributed by atoms with Gasteiger partial charge in [0.05, 0.1) is 18.9 Å². The molecule has 2 N–H and O–H groups in total. The van der Waals surface area contributed by atoms with Gasteiger partial charge in [0.15, 0.2) is 5.60 Å². The predicted molar refractivity (Wildman–Crippen MR) is 122 cm³/mol. The van der Waals surface area contributed by atoms with E-state index in [0.717, 1.165) is 67.4 Å². The topological polar surface area (TPSA) is 84.4 Å². The van der Waals surface area contributed by atoms with Gasteiger partial charge in [0.25, 0.3) is 0 Å². The van der Waals surface area contributed by atoms with Crippen LogP contribution in [0.5, 0.6) is 5.75 Å². The molecule has 6 rings (SSSR count). The van der Waals surface area contributed by atoms with Crippen LogP contribution >= 0.6 is 0 Å². The molecule has 2 aromatic heterocycles. The summed E-state index contributed by atoms with van der Waals surface area (Å²) < 4.78 is 12.1. The van der Waals surface area contributed by atoms with Gasteiger partial charge in [-0.25, -0.2) is 9.97 Å². The molecule has 3 aliphatic rings. The number of hydrogen-bond acceptors (Lipinski definition) is 8. The number of ether oxygens (including phenoxy) is 2. The van der Waals surface area contributed by atoms with Gasteiger partial charge >= 0.3 is 0 Å². The van der Waals surface area contributed by atoms with Gasteiger partial charge in [-0.3, -0.25) is 4.98 Å². The van der Waals surface area contributed by atoms with Crippen LogP contribution in [0.1, 0.15) is 18.5 Å². The number of benzene rings is 1. The Labute approximate surface area is 187 Å². The predicted octanol–water partition coefficient (Wildman–Crippen LogP) is 3.09. The molecule has 164 valence electrons. The first-order chi connectivity index (χ1) is 15.8. The Morgan fingerprint density at radius 1 is 1.00 bits per heavy atom. The molecule has 5 heterocycles. The van der Waals surface area contributed by atoms with E-state index in [-0.39, 0.29) is 0 Å². The summed E-state index contributed by atoms with van der Waals surface area (Å²) >= 11 is 0. The number of aromatic nitrogens is 3. The lowest BCUT2D eigenvalue weighted by Gasteiger charge is -2.41. The molecule has 0 unspecified atom stereocenters. The fourth-order valence-corrected chi connectivity index (χ4v) is 4.74. The molecule has 1 spiro atoms. The van der Waals surface area contributed by atoms with Crippen LogP contribution < -0.4 is 20.3 Å². The Morgan fingerprint density at radius 3 is 2.62 bits per heavy atom. The van der Waals surface area contributed by atoms with Gasteiger partial charge in [0, 0.05) is 68.4 Å². The second kappa shape index (κ2) is 8.03. The maximum Gasteiger partial charge on any atom is 0.227 e. The van der Waals surface area contributed by atoms with E-state index in [9.17, 15) is 0 Å².